The van der Waals surface area contributed by atoms with Gasteiger partial charge in [-0.3, -0.25) is 0 Å². The molecule has 3 nitrogen and oxygen atoms in total. The van der Waals surface area contributed by atoms with E-state index in [1.807, 2.05) is 12.1 Å². The normalized spacial score (nSPS) is 16.6. The minimum Gasteiger partial charge on any atom is -0.484 e. The zero-order valence-electron chi connectivity index (χ0n) is 33.5. The van der Waals surface area contributed by atoms with Crippen molar-refractivity contribution in [3.05, 3.63) is 217 Å². The van der Waals surface area contributed by atoms with E-state index < -0.39 is 0 Å². The second-order valence-corrected chi connectivity index (χ2v) is 16.8. The van der Waals surface area contributed by atoms with Crippen LogP contribution in [0.5, 0.6) is 5.75 Å². The first-order valence-corrected chi connectivity index (χ1v) is 20.9. The molecule has 3 heteroatoms. The predicted molar refractivity (Wildman–Crippen MR) is 248 cm³/mol. The summed E-state index contributed by atoms with van der Waals surface area (Å²) >= 11 is 0. The Hall–Kier alpha value is -7.36. The van der Waals surface area contributed by atoms with Crippen molar-refractivity contribution in [1.82, 2.24) is 0 Å². The van der Waals surface area contributed by atoms with Gasteiger partial charge in [0.15, 0.2) is 0 Å². The molecule has 0 spiro atoms. The van der Waals surface area contributed by atoms with Crippen LogP contribution < -0.4 is 9.64 Å². The minimum atomic E-state index is -0.126. The number of para-hydroxylation sites is 2. The third kappa shape index (κ3) is 5.29. The van der Waals surface area contributed by atoms with Gasteiger partial charge in [-0.2, -0.15) is 0 Å². The summed E-state index contributed by atoms with van der Waals surface area (Å²) in [6.45, 7) is 4.69. The van der Waals surface area contributed by atoms with Gasteiger partial charge in [-0.05, 0) is 93.0 Å². The quantitative estimate of drug-likeness (QED) is 0.168. The molecule has 0 saturated carbocycles. The van der Waals surface area contributed by atoms with Gasteiger partial charge in [0.05, 0.1) is 0 Å². The van der Waals surface area contributed by atoms with E-state index in [0.717, 1.165) is 78.1 Å². The van der Waals surface area contributed by atoms with Crippen molar-refractivity contribution in [2.24, 2.45) is 0 Å². The SMILES string of the molecule is CC1(C)c2ccccc2-c2ccc(N(c3ccc(-c4ccc5c(c4-c4ccccc4)OC4C=CC=CC54)cc3)c3ccc(-c4cccc5c4oc4ccccc45)cc3)cc21. The molecule has 2 unspecified atom stereocenters. The number of ether oxygens (including phenoxy) is 1. The number of furan rings is 1. The van der Waals surface area contributed by atoms with Crippen LogP contribution in [0.3, 0.4) is 0 Å². The maximum absolute atomic E-state index is 6.74. The zero-order valence-corrected chi connectivity index (χ0v) is 33.5. The maximum Gasteiger partial charge on any atom is 0.143 e. The van der Waals surface area contributed by atoms with Gasteiger partial charge in [-0.25, -0.2) is 0 Å². The van der Waals surface area contributed by atoms with Crippen LogP contribution >= 0.6 is 0 Å². The second kappa shape index (κ2) is 13.3. The molecule has 0 radical (unpaired) electrons. The van der Waals surface area contributed by atoms with Crippen LogP contribution in [0.2, 0.25) is 0 Å². The lowest BCUT2D eigenvalue weighted by Crippen LogP contribution is -2.16. The van der Waals surface area contributed by atoms with Crippen molar-refractivity contribution in [1.29, 1.82) is 0 Å². The lowest BCUT2D eigenvalue weighted by Gasteiger charge is -2.28. The highest BCUT2D eigenvalue weighted by atomic mass is 16.5. The standard InChI is InChI=1S/C57H41NO2/c1-57(2)50-20-9-6-15-44(50)45-32-31-41(35-51(45)57)58(40-29-25-37(26-30-40)43-18-12-19-48-46-16-7-10-21-52(46)59-55(43)48)39-27-23-36(24-28-39)42-33-34-49-47-17-8-11-22-53(47)60-56(49)54(42)38-13-4-3-5-14-38/h3-35,47,53H,1-2H3. The van der Waals surface area contributed by atoms with Gasteiger partial charge >= 0.3 is 0 Å². The molecular weight excluding hydrogens is 731 g/mol. The van der Waals surface area contributed by atoms with Crippen molar-refractivity contribution in [3.8, 4) is 50.3 Å². The summed E-state index contributed by atoms with van der Waals surface area (Å²) in [5, 5.41) is 2.27. The Morgan fingerprint density at radius 1 is 0.483 bits per heavy atom. The topological polar surface area (TPSA) is 25.6 Å². The molecule has 12 rings (SSSR count). The monoisotopic (exact) mass is 771 g/mol. The summed E-state index contributed by atoms with van der Waals surface area (Å²) in [5.74, 6) is 1.20. The molecule has 286 valence electrons. The van der Waals surface area contributed by atoms with Crippen molar-refractivity contribution in [3.63, 3.8) is 0 Å². The van der Waals surface area contributed by atoms with E-state index in [0.29, 0.717) is 0 Å². The average Bonchev–Trinajstić information content (AvgIpc) is 3.95. The van der Waals surface area contributed by atoms with Gasteiger partial charge < -0.3 is 14.1 Å². The number of allylic oxidation sites excluding steroid dienone is 2. The number of hydrogen-bond acceptors (Lipinski definition) is 3. The van der Waals surface area contributed by atoms with Crippen LogP contribution in [0, 0.1) is 0 Å². The molecule has 8 aromatic carbocycles. The Labute approximate surface area is 350 Å². The van der Waals surface area contributed by atoms with E-state index in [-0.39, 0.29) is 17.4 Å². The highest BCUT2D eigenvalue weighted by molar-refractivity contribution is 6.09. The van der Waals surface area contributed by atoms with Crippen molar-refractivity contribution >= 4 is 39.0 Å². The largest absolute Gasteiger partial charge is 0.484 e. The van der Waals surface area contributed by atoms with Crippen LogP contribution in [-0.2, 0) is 5.41 Å². The number of rotatable bonds is 6. The molecular formula is C57H41NO2. The smallest absolute Gasteiger partial charge is 0.143 e. The number of nitrogens with zero attached hydrogens (tertiary/aromatic N) is 1. The molecule has 1 aliphatic heterocycles. The Morgan fingerprint density at radius 3 is 1.93 bits per heavy atom. The molecule has 1 aromatic heterocycles. The Morgan fingerprint density at radius 2 is 1.12 bits per heavy atom. The van der Waals surface area contributed by atoms with Crippen molar-refractivity contribution in [2.45, 2.75) is 31.3 Å². The third-order valence-corrected chi connectivity index (χ3v) is 13.1. The van der Waals surface area contributed by atoms with Gasteiger partial charge in [0.1, 0.15) is 23.0 Å². The highest BCUT2D eigenvalue weighted by Gasteiger charge is 2.37. The summed E-state index contributed by atoms with van der Waals surface area (Å²) in [7, 11) is 0. The van der Waals surface area contributed by atoms with E-state index in [1.165, 1.54) is 27.8 Å². The Bertz CT molecular complexity index is 3200. The Balaban J connectivity index is 0.979. The lowest BCUT2D eigenvalue weighted by atomic mass is 9.82. The second-order valence-electron chi connectivity index (χ2n) is 16.8. The molecule has 0 bridgehead atoms. The molecule has 0 N–H and O–H groups in total. The Kier molecular flexibility index (Phi) is 7.71. The molecule has 0 saturated heterocycles. The molecule has 2 aliphatic carbocycles. The van der Waals surface area contributed by atoms with Gasteiger partial charge in [0.25, 0.3) is 0 Å². The molecule has 0 fully saturated rings. The third-order valence-electron chi connectivity index (χ3n) is 13.1. The van der Waals surface area contributed by atoms with Gasteiger partial charge in [-0.15, -0.1) is 0 Å². The maximum atomic E-state index is 6.74. The van der Waals surface area contributed by atoms with Crippen molar-refractivity contribution < 1.29 is 9.15 Å². The molecule has 0 amide bonds. The summed E-state index contributed by atoms with van der Waals surface area (Å²) < 4.78 is 13.2. The van der Waals surface area contributed by atoms with E-state index in [1.54, 1.807) is 0 Å². The number of hydrogen-bond donors (Lipinski definition) is 0. The fourth-order valence-corrected chi connectivity index (χ4v) is 10.1. The van der Waals surface area contributed by atoms with E-state index in [9.17, 15) is 0 Å². The number of fused-ring (bicyclic) bond motifs is 9. The van der Waals surface area contributed by atoms with Gasteiger partial charge in [0, 0.05) is 55.9 Å². The summed E-state index contributed by atoms with van der Waals surface area (Å²) in [4.78, 5) is 2.39. The van der Waals surface area contributed by atoms with Crippen LogP contribution in [-0.4, -0.2) is 6.10 Å². The molecule has 60 heavy (non-hydrogen) atoms. The van der Waals surface area contributed by atoms with Crippen LogP contribution in [0.1, 0.15) is 36.5 Å². The van der Waals surface area contributed by atoms with Crippen molar-refractivity contribution in [2.75, 3.05) is 4.90 Å². The first-order valence-electron chi connectivity index (χ1n) is 20.9. The molecule has 2 heterocycles. The van der Waals surface area contributed by atoms with E-state index in [2.05, 4.69) is 207 Å². The number of anilines is 3. The lowest BCUT2D eigenvalue weighted by molar-refractivity contribution is 0.270. The average molecular weight is 772 g/mol. The molecule has 9 aromatic rings. The molecule has 3 aliphatic rings. The van der Waals surface area contributed by atoms with Crippen LogP contribution in [0.15, 0.2) is 205 Å². The zero-order chi connectivity index (χ0) is 40.0. The van der Waals surface area contributed by atoms with Gasteiger partial charge in [0.2, 0.25) is 0 Å². The van der Waals surface area contributed by atoms with E-state index in [4.69, 9.17) is 9.15 Å². The number of benzene rings is 8. The molecule has 2 atom stereocenters. The van der Waals surface area contributed by atoms with E-state index >= 15 is 0 Å². The highest BCUT2D eigenvalue weighted by Crippen LogP contribution is 2.52. The van der Waals surface area contributed by atoms with Crippen LogP contribution in [0.25, 0.3) is 66.4 Å². The first kappa shape index (κ1) is 34.7. The summed E-state index contributed by atoms with van der Waals surface area (Å²) in [6.07, 6.45) is 8.68. The summed E-state index contributed by atoms with van der Waals surface area (Å²) in [5.41, 5.74) is 18.4. The predicted octanol–water partition coefficient (Wildman–Crippen LogP) is 15.3. The minimum absolute atomic E-state index is 0.0155. The first-order chi connectivity index (χ1) is 29.5. The fourth-order valence-electron chi connectivity index (χ4n) is 10.1. The van der Waals surface area contributed by atoms with Crippen LogP contribution in [0.4, 0.5) is 17.1 Å². The summed E-state index contributed by atoms with van der Waals surface area (Å²) in [6, 6.07) is 63.8. The fraction of sp³-hybridized carbons (Fsp3) is 0.0877. The van der Waals surface area contributed by atoms with Gasteiger partial charge in [-0.1, -0.05) is 166 Å².